The Balaban J connectivity index is 1.48. The lowest BCUT2D eigenvalue weighted by atomic mass is 10.1. The van der Waals surface area contributed by atoms with Crippen LogP contribution in [-0.4, -0.2) is 10.9 Å². The van der Waals surface area contributed by atoms with Gasteiger partial charge in [0.2, 0.25) is 0 Å². The van der Waals surface area contributed by atoms with E-state index in [0.717, 1.165) is 21.3 Å². The zero-order valence-electron chi connectivity index (χ0n) is 13.8. The Bertz CT molecular complexity index is 1090. The maximum atomic E-state index is 12.4. The number of thiazole rings is 1. The predicted molar refractivity (Wildman–Crippen MR) is 106 cm³/mol. The molecule has 4 aromatic rings. The van der Waals surface area contributed by atoms with Crippen LogP contribution in [-0.2, 0) is 0 Å². The molecule has 0 saturated heterocycles. The number of amides is 1. The second-order valence-electron chi connectivity index (χ2n) is 5.63. The number of anilines is 1. The summed E-state index contributed by atoms with van der Waals surface area (Å²) in [5, 5.41) is 3.46. The molecule has 0 fully saturated rings. The number of carbonyl (C=O) groups is 1. The highest BCUT2D eigenvalue weighted by Gasteiger charge is 2.09. The predicted octanol–water partition coefficient (Wildman–Crippen LogP) is 4.95. The van der Waals surface area contributed by atoms with E-state index in [1.54, 1.807) is 12.1 Å². The van der Waals surface area contributed by atoms with Gasteiger partial charge in [-0.25, -0.2) is 4.98 Å². The second kappa shape index (κ2) is 7.22. The van der Waals surface area contributed by atoms with Crippen molar-refractivity contribution in [2.45, 2.75) is 0 Å². The smallest absolute Gasteiger partial charge is 0.257 e. The molecule has 0 atom stereocenters. The molecule has 0 aliphatic carbocycles. The summed E-state index contributed by atoms with van der Waals surface area (Å²) in [6, 6.07) is 24.9. The van der Waals surface area contributed by atoms with Crippen LogP contribution in [0.5, 0.6) is 0 Å². The molecule has 4 rings (SSSR count). The van der Waals surface area contributed by atoms with Gasteiger partial charge in [-0.05, 0) is 48.5 Å². The third-order valence-corrected chi connectivity index (χ3v) is 4.74. The van der Waals surface area contributed by atoms with E-state index < -0.39 is 0 Å². The summed E-state index contributed by atoms with van der Waals surface area (Å²) in [6.07, 6.45) is 0. The van der Waals surface area contributed by atoms with Gasteiger partial charge in [-0.1, -0.05) is 53.5 Å². The highest BCUT2D eigenvalue weighted by molar-refractivity contribution is 7.22. The molecule has 0 bridgehead atoms. The van der Waals surface area contributed by atoms with Gasteiger partial charge in [0.1, 0.15) is 0 Å². The van der Waals surface area contributed by atoms with Gasteiger partial charge in [0, 0.05) is 16.7 Å². The van der Waals surface area contributed by atoms with Crippen molar-refractivity contribution >= 4 is 32.6 Å². The highest BCUT2D eigenvalue weighted by atomic mass is 32.1. The molecule has 1 amide bonds. The van der Waals surface area contributed by atoms with Crippen LogP contribution in [0.1, 0.15) is 21.5 Å². The van der Waals surface area contributed by atoms with Crippen LogP contribution < -0.4 is 5.32 Å². The monoisotopic (exact) mass is 354 g/mol. The lowest BCUT2D eigenvalue weighted by Gasteiger charge is -2.01. The van der Waals surface area contributed by atoms with Gasteiger partial charge in [-0.2, -0.15) is 0 Å². The van der Waals surface area contributed by atoms with Crippen LogP contribution in [0, 0.1) is 11.8 Å². The van der Waals surface area contributed by atoms with Crippen molar-refractivity contribution in [2.75, 3.05) is 5.32 Å². The Morgan fingerprint density at radius 3 is 2.19 bits per heavy atom. The standard InChI is InChI=1S/C22H14N2OS/c25-21(24-22-23-19-8-4-5-9-20(19)26-22)18-14-12-17(13-15-18)11-10-16-6-2-1-3-7-16/h1-9,12-15H,(H,23,24,25). The van der Waals surface area contributed by atoms with Gasteiger partial charge in [0.15, 0.2) is 5.13 Å². The molecule has 0 aliphatic heterocycles. The summed E-state index contributed by atoms with van der Waals surface area (Å²) in [7, 11) is 0. The van der Waals surface area contributed by atoms with Gasteiger partial charge < -0.3 is 0 Å². The minimum atomic E-state index is -0.174. The van der Waals surface area contributed by atoms with Crippen LogP contribution >= 0.6 is 11.3 Å². The number of nitrogens with zero attached hydrogens (tertiary/aromatic N) is 1. The number of fused-ring (bicyclic) bond motifs is 1. The van der Waals surface area contributed by atoms with Crippen LogP contribution in [0.25, 0.3) is 10.2 Å². The lowest BCUT2D eigenvalue weighted by molar-refractivity contribution is 0.102. The SMILES string of the molecule is O=C(Nc1nc2ccccc2s1)c1ccc(C#Cc2ccccc2)cc1. The number of carbonyl (C=O) groups excluding carboxylic acids is 1. The number of hydrogen-bond donors (Lipinski definition) is 1. The zero-order chi connectivity index (χ0) is 17.8. The lowest BCUT2D eigenvalue weighted by Crippen LogP contribution is -2.11. The van der Waals surface area contributed by atoms with E-state index in [-0.39, 0.29) is 5.91 Å². The summed E-state index contributed by atoms with van der Waals surface area (Å²) < 4.78 is 1.05. The third kappa shape index (κ3) is 3.64. The van der Waals surface area contributed by atoms with E-state index in [0.29, 0.717) is 10.7 Å². The molecule has 0 saturated carbocycles. The van der Waals surface area contributed by atoms with Crippen molar-refractivity contribution in [3.05, 3.63) is 95.6 Å². The van der Waals surface area contributed by atoms with Crippen molar-refractivity contribution < 1.29 is 4.79 Å². The van der Waals surface area contributed by atoms with Crippen molar-refractivity contribution in [3.63, 3.8) is 0 Å². The molecule has 0 aliphatic rings. The summed E-state index contributed by atoms with van der Waals surface area (Å²) >= 11 is 1.46. The van der Waals surface area contributed by atoms with Gasteiger partial charge in [-0.15, -0.1) is 0 Å². The molecule has 0 unspecified atom stereocenters. The first-order valence-corrected chi connectivity index (χ1v) is 8.94. The summed E-state index contributed by atoms with van der Waals surface area (Å²) in [4.78, 5) is 16.8. The van der Waals surface area contributed by atoms with Crippen molar-refractivity contribution in [2.24, 2.45) is 0 Å². The number of aromatic nitrogens is 1. The summed E-state index contributed by atoms with van der Waals surface area (Å²) in [6.45, 7) is 0. The fraction of sp³-hybridized carbons (Fsp3) is 0. The van der Waals surface area contributed by atoms with Crippen LogP contribution in [0.15, 0.2) is 78.9 Å². The fourth-order valence-corrected chi connectivity index (χ4v) is 3.33. The Morgan fingerprint density at radius 2 is 1.46 bits per heavy atom. The maximum absolute atomic E-state index is 12.4. The molecular weight excluding hydrogens is 340 g/mol. The van der Waals surface area contributed by atoms with Crippen LogP contribution in [0.3, 0.4) is 0 Å². The first-order chi connectivity index (χ1) is 12.8. The number of para-hydroxylation sites is 1. The van der Waals surface area contributed by atoms with Gasteiger partial charge in [0.05, 0.1) is 10.2 Å². The Hall–Kier alpha value is -3.42. The average Bonchev–Trinajstić information content (AvgIpc) is 3.10. The molecule has 1 heterocycles. The van der Waals surface area contributed by atoms with Gasteiger partial charge in [0.25, 0.3) is 5.91 Å². The quantitative estimate of drug-likeness (QED) is 0.518. The topological polar surface area (TPSA) is 42.0 Å². The molecule has 26 heavy (non-hydrogen) atoms. The third-order valence-electron chi connectivity index (χ3n) is 3.79. The largest absolute Gasteiger partial charge is 0.298 e. The summed E-state index contributed by atoms with van der Waals surface area (Å²) in [5.74, 6) is 6.03. The molecule has 1 aromatic heterocycles. The van der Waals surface area contributed by atoms with Crippen LogP contribution in [0.4, 0.5) is 5.13 Å². The minimum absolute atomic E-state index is 0.174. The Morgan fingerprint density at radius 1 is 0.808 bits per heavy atom. The molecule has 4 heteroatoms. The van der Waals surface area contributed by atoms with Crippen LogP contribution in [0.2, 0.25) is 0 Å². The van der Waals surface area contributed by atoms with E-state index in [4.69, 9.17) is 0 Å². The average molecular weight is 354 g/mol. The number of rotatable bonds is 2. The number of hydrogen-bond acceptors (Lipinski definition) is 3. The second-order valence-corrected chi connectivity index (χ2v) is 6.66. The van der Waals surface area contributed by atoms with E-state index >= 15 is 0 Å². The first kappa shape index (κ1) is 16.1. The van der Waals surface area contributed by atoms with E-state index in [1.807, 2.05) is 66.7 Å². The molecule has 3 aromatic carbocycles. The van der Waals surface area contributed by atoms with E-state index in [2.05, 4.69) is 22.1 Å². The number of nitrogens with one attached hydrogen (secondary N) is 1. The van der Waals surface area contributed by atoms with E-state index in [1.165, 1.54) is 11.3 Å². The minimum Gasteiger partial charge on any atom is -0.298 e. The Labute approximate surface area is 155 Å². The fourth-order valence-electron chi connectivity index (χ4n) is 2.47. The van der Waals surface area contributed by atoms with Crippen molar-refractivity contribution in [1.29, 1.82) is 0 Å². The maximum Gasteiger partial charge on any atom is 0.257 e. The molecule has 0 spiro atoms. The molecule has 1 N–H and O–H groups in total. The Kier molecular flexibility index (Phi) is 4.46. The molecule has 0 radical (unpaired) electrons. The van der Waals surface area contributed by atoms with Gasteiger partial charge in [-0.3, -0.25) is 10.1 Å². The van der Waals surface area contributed by atoms with Crippen molar-refractivity contribution in [3.8, 4) is 11.8 Å². The summed E-state index contributed by atoms with van der Waals surface area (Å²) in [5.41, 5.74) is 3.30. The van der Waals surface area contributed by atoms with Crippen molar-refractivity contribution in [1.82, 2.24) is 4.98 Å². The molecule has 124 valence electrons. The molecular formula is C22H14N2OS. The van der Waals surface area contributed by atoms with Gasteiger partial charge >= 0.3 is 0 Å². The van der Waals surface area contributed by atoms with E-state index in [9.17, 15) is 4.79 Å². The molecule has 3 nitrogen and oxygen atoms in total. The first-order valence-electron chi connectivity index (χ1n) is 8.12. The zero-order valence-corrected chi connectivity index (χ0v) is 14.6. The normalized spacial score (nSPS) is 10.2. The highest BCUT2D eigenvalue weighted by Crippen LogP contribution is 2.25. The number of benzene rings is 3.